The standard InChI is InChI=1S/C14H22N2O3S/c1-11-7-8-16(10-14(11)19-2)20(17,18)13-5-3-12(9-15)4-6-13/h3-6,11,14H,7-10,15H2,1-2H3. The Balaban J connectivity index is 2.21. The van der Waals surface area contributed by atoms with Crippen LogP contribution in [0, 0.1) is 5.92 Å². The van der Waals surface area contributed by atoms with E-state index in [2.05, 4.69) is 6.92 Å². The van der Waals surface area contributed by atoms with Gasteiger partial charge in [-0.3, -0.25) is 0 Å². The second-order valence-corrected chi connectivity index (χ2v) is 7.19. The Morgan fingerprint density at radius 1 is 1.35 bits per heavy atom. The summed E-state index contributed by atoms with van der Waals surface area (Å²) in [6.45, 7) is 3.46. The molecule has 2 atom stereocenters. The number of rotatable bonds is 4. The van der Waals surface area contributed by atoms with E-state index in [0.717, 1.165) is 12.0 Å². The molecule has 2 unspecified atom stereocenters. The smallest absolute Gasteiger partial charge is 0.243 e. The third-order valence-corrected chi connectivity index (χ3v) is 5.83. The van der Waals surface area contributed by atoms with Gasteiger partial charge in [0.1, 0.15) is 0 Å². The molecule has 1 aliphatic rings. The van der Waals surface area contributed by atoms with Crippen LogP contribution in [0.2, 0.25) is 0 Å². The Morgan fingerprint density at radius 2 is 2.00 bits per heavy atom. The van der Waals surface area contributed by atoms with Crippen LogP contribution in [-0.2, 0) is 21.3 Å². The summed E-state index contributed by atoms with van der Waals surface area (Å²) < 4.78 is 32.1. The Kier molecular flexibility index (Phi) is 4.80. The Hall–Kier alpha value is -0.950. The molecule has 2 rings (SSSR count). The van der Waals surface area contributed by atoms with Gasteiger partial charge in [-0.15, -0.1) is 0 Å². The number of nitrogens with two attached hydrogens (primary N) is 1. The molecule has 0 radical (unpaired) electrons. The maximum atomic E-state index is 12.6. The zero-order chi connectivity index (χ0) is 14.8. The van der Waals surface area contributed by atoms with Crippen LogP contribution < -0.4 is 5.73 Å². The number of hydrogen-bond acceptors (Lipinski definition) is 4. The highest BCUT2D eigenvalue weighted by molar-refractivity contribution is 7.89. The van der Waals surface area contributed by atoms with Crippen LogP contribution in [0.25, 0.3) is 0 Å². The highest BCUT2D eigenvalue weighted by Gasteiger charge is 2.33. The fourth-order valence-corrected chi connectivity index (χ4v) is 3.94. The van der Waals surface area contributed by atoms with Crippen molar-refractivity contribution in [3.05, 3.63) is 29.8 Å². The summed E-state index contributed by atoms with van der Waals surface area (Å²) in [6, 6.07) is 6.76. The van der Waals surface area contributed by atoms with E-state index in [1.54, 1.807) is 31.4 Å². The number of ether oxygens (including phenoxy) is 1. The third kappa shape index (κ3) is 3.03. The average Bonchev–Trinajstić information content (AvgIpc) is 2.47. The largest absolute Gasteiger partial charge is 0.380 e. The van der Waals surface area contributed by atoms with Crippen molar-refractivity contribution in [3.63, 3.8) is 0 Å². The third-order valence-electron chi connectivity index (χ3n) is 3.95. The highest BCUT2D eigenvalue weighted by atomic mass is 32.2. The van der Waals surface area contributed by atoms with Crippen molar-refractivity contribution >= 4 is 10.0 Å². The maximum absolute atomic E-state index is 12.6. The minimum atomic E-state index is -3.44. The summed E-state index contributed by atoms with van der Waals surface area (Å²) in [4.78, 5) is 0.319. The fraction of sp³-hybridized carbons (Fsp3) is 0.571. The Labute approximate surface area is 120 Å². The zero-order valence-corrected chi connectivity index (χ0v) is 12.8. The molecule has 20 heavy (non-hydrogen) atoms. The first-order valence-corrected chi connectivity index (χ1v) is 8.25. The number of nitrogens with zero attached hydrogens (tertiary/aromatic N) is 1. The van der Waals surface area contributed by atoms with Crippen molar-refractivity contribution < 1.29 is 13.2 Å². The van der Waals surface area contributed by atoms with Gasteiger partial charge in [0.25, 0.3) is 0 Å². The van der Waals surface area contributed by atoms with Crippen LogP contribution in [0.1, 0.15) is 18.9 Å². The minimum Gasteiger partial charge on any atom is -0.380 e. The van der Waals surface area contributed by atoms with E-state index in [0.29, 0.717) is 30.4 Å². The zero-order valence-electron chi connectivity index (χ0n) is 12.0. The van der Waals surface area contributed by atoms with Gasteiger partial charge >= 0.3 is 0 Å². The lowest BCUT2D eigenvalue weighted by atomic mass is 9.97. The van der Waals surface area contributed by atoms with Crippen molar-refractivity contribution in [1.29, 1.82) is 0 Å². The minimum absolute atomic E-state index is 0.0400. The van der Waals surface area contributed by atoms with E-state index in [4.69, 9.17) is 10.5 Å². The van der Waals surface area contributed by atoms with Crippen LogP contribution in [-0.4, -0.2) is 39.0 Å². The van der Waals surface area contributed by atoms with Gasteiger partial charge < -0.3 is 10.5 Å². The predicted molar refractivity (Wildman–Crippen MR) is 77.7 cm³/mol. The molecule has 0 aromatic heterocycles. The summed E-state index contributed by atoms with van der Waals surface area (Å²) >= 11 is 0. The Bertz CT molecular complexity index is 542. The van der Waals surface area contributed by atoms with Crippen molar-refractivity contribution in [3.8, 4) is 0 Å². The van der Waals surface area contributed by atoms with Gasteiger partial charge in [-0.2, -0.15) is 4.31 Å². The van der Waals surface area contributed by atoms with Crippen molar-refractivity contribution in [1.82, 2.24) is 4.31 Å². The quantitative estimate of drug-likeness (QED) is 0.906. The highest BCUT2D eigenvalue weighted by Crippen LogP contribution is 2.25. The number of sulfonamides is 1. The number of piperidine rings is 1. The van der Waals surface area contributed by atoms with Crippen molar-refractivity contribution in [2.24, 2.45) is 11.7 Å². The van der Waals surface area contributed by atoms with Crippen LogP contribution in [0.15, 0.2) is 29.2 Å². The van der Waals surface area contributed by atoms with Gasteiger partial charge in [0.05, 0.1) is 11.0 Å². The van der Waals surface area contributed by atoms with Gasteiger partial charge in [-0.1, -0.05) is 19.1 Å². The lowest BCUT2D eigenvalue weighted by molar-refractivity contribution is 0.0184. The molecular weight excluding hydrogens is 276 g/mol. The predicted octanol–water partition coefficient (Wildman–Crippen LogP) is 1.19. The molecule has 112 valence electrons. The van der Waals surface area contributed by atoms with E-state index < -0.39 is 10.0 Å². The summed E-state index contributed by atoms with van der Waals surface area (Å²) in [6.07, 6.45) is 0.778. The second kappa shape index (κ2) is 6.22. The van der Waals surface area contributed by atoms with Crippen LogP contribution in [0.4, 0.5) is 0 Å². The molecular formula is C14H22N2O3S. The fourth-order valence-electron chi connectivity index (χ4n) is 2.48. The average molecular weight is 298 g/mol. The first-order valence-electron chi connectivity index (χ1n) is 6.81. The van der Waals surface area contributed by atoms with Gasteiger partial charge in [0, 0.05) is 26.7 Å². The second-order valence-electron chi connectivity index (χ2n) is 5.25. The lowest BCUT2D eigenvalue weighted by Gasteiger charge is -2.35. The lowest BCUT2D eigenvalue weighted by Crippen LogP contribution is -2.46. The monoisotopic (exact) mass is 298 g/mol. The first kappa shape index (κ1) is 15.4. The van der Waals surface area contributed by atoms with Crippen LogP contribution in [0.3, 0.4) is 0 Å². The summed E-state index contributed by atoms with van der Waals surface area (Å²) in [7, 11) is -1.81. The van der Waals surface area contributed by atoms with E-state index in [-0.39, 0.29) is 6.10 Å². The number of methoxy groups -OCH3 is 1. The van der Waals surface area contributed by atoms with Gasteiger partial charge in [-0.25, -0.2) is 8.42 Å². The molecule has 1 aromatic carbocycles. The topological polar surface area (TPSA) is 72.6 Å². The number of hydrogen-bond donors (Lipinski definition) is 1. The molecule has 0 aliphatic carbocycles. The summed E-state index contributed by atoms with van der Waals surface area (Å²) in [5.41, 5.74) is 6.45. The number of benzene rings is 1. The maximum Gasteiger partial charge on any atom is 0.243 e. The molecule has 0 spiro atoms. The van der Waals surface area contributed by atoms with E-state index in [1.165, 1.54) is 4.31 Å². The Morgan fingerprint density at radius 3 is 2.55 bits per heavy atom. The van der Waals surface area contributed by atoms with Gasteiger partial charge in [0.15, 0.2) is 0 Å². The molecule has 1 fully saturated rings. The van der Waals surface area contributed by atoms with Crippen molar-refractivity contribution in [2.75, 3.05) is 20.2 Å². The van der Waals surface area contributed by atoms with E-state index in [9.17, 15) is 8.42 Å². The molecule has 5 nitrogen and oxygen atoms in total. The molecule has 1 aliphatic heterocycles. The summed E-state index contributed by atoms with van der Waals surface area (Å²) in [5, 5.41) is 0. The molecule has 0 amide bonds. The first-order chi connectivity index (χ1) is 9.48. The molecule has 1 heterocycles. The van der Waals surface area contributed by atoms with Gasteiger partial charge in [0.2, 0.25) is 10.0 Å². The molecule has 6 heteroatoms. The van der Waals surface area contributed by atoms with E-state index in [1.807, 2.05) is 0 Å². The van der Waals surface area contributed by atoms with E-state index >= 15 is 0 Å². The molecule has 1 saturated heterocycles. The molecule has 0 bridgehead atoms. The summed E-state index contributed by atoms with van der Waals surface area (Å²) in [5.74, 6) is 0.381. The van der Waals surface area contributed by atoms with Gasteiger partial charge in [-0.05, 0) is 30.0 Å². The SMILES string of the molecule is COC1CN(S(=O)(=O)c2ccc(CN)cc2)CCC1C. The molecule has 2 N–H and O–H groups in total. The normalized spacial score (nSPS) is 24.8. The van der Waals surface area contributed by atoms with Crippen molar-refractivity contribution in [2.45, 2.75) is 30.9 Å². The molecule has 1 aromatic rings. The van der Waals surface area contributed by atoms with Crippen LogP contribution >= 0.6 is 0 Å². The molecule has 0 saturated carbocycles. The van der Waals surface area contributed by atoms with Crippen LogP contribution in [0.5, 0.6) is 0 Å².